The normalized spacial score (nSPS) is 11.0. The quantitative estimate of drug-likeness (QED) is 0.804. The summed E-state index contributed by atoms with van der Waals surface area (Å²) in [4.78, 5) is 22.3. The number of nitrogens with one attached hydrogen (secondary N) is 1. The number of carbonyl (C=O) groups is 2. The van der Waals surface area contributed by atoms with Crippen molar-refractivity contribution in [3.63, 3.8) is 0 Å². The van der Waals surface area contributed by atoms with Crippen molar-refractivity contribution in [3.05, 3.63) is 58.6 Å². The van der Waals surface area contributed by atoms with Crippen LogP contribution in [-0.4, -0.2) is 25.3 Å². The maximum absolute atomic E-state index is 12.3. The molecule has 120 valence electrons. The van der Waals surface area contributed by atoms with Crippen molar-refractivity contribution in [3.8, 4) is 0 Å². The zero-order valence-corrected chi connectivity index (χ0v) is 13.5. The second kappa shape index (κ2) is 6.39. The number of carboxylic acids is 1. The Morgan fingerprint density at radius 2 is 1.83 bits per heavy atom. The van der Waals surface area contributed by atoms with Crippen molar-refractivity contribution in [1.82, 2.24) is 0 Å². The van der Waals surface area contributed by atoms with E-state index in [1.165, 1.54) is 43.3 Å². The summed E-state index contributed by atoms with van der Waals surface area (Å²) >= 11 is 5.74. The smallest absolute Gasteiger partial charge is 0.337 e. The molecule has 0 aliphatic heterocycles. The molecule has 0 amide bonds. The molecule has 2 aromatic carbocycles. The molecule has 2 rings (SSSR count). The highest BCUT2D eigenvalue weighted by atomic mass is 35.5. The zero-order chi connectivity index (χ0) is 17.2. The Bertz CT molecular complexity index is 892. The lowest BCUT2D eigenvalue weighted by Gasteiger charge is -2.10. The van der Waals surface area contributed by atoms with Gasteiger partial charge in [-0.2, -0.15) is 0 Å². The van der Waals surface area contributed by atoms with Crippen LogP contribution in [-0.2, 0) is 10.0 Å². The van der Waals surface area contributed by atoms with Gasteiger partial charge in [0.2, 0.25) is 0 Å². The second-order valence-electron chi connectivity index (χ2n) is 4.69. The van der Waals surface area contributed by atoms with E-state index in [1.807, 2.05) is 0 Å². The van der Waals surface area contributed by atoms with Crippen LogP contribution in [0.2, 0.25) is 5.02 Å². The van der Waals surface area contributed by atoms with Gasteiger partial charge in [0.15, 0.2) is 5.78 Å². The molecule has 0 aliphatic rings. The van der Waals surface area contributed by atoms with E-state index in [-0.39, 0.29) is 32.5 Å². The summed E-state index contributed by atoms with van der Waals surface area (Å²) in [6, 6.07) is 9.30. The number of benzene rings is 2. The molecule has 23 heavy (non-hydrogen) atoms. The first-order valence-corrected chi connectivity index (χ1v) is 8.23. The number of carbonyl (C=O) groups excluding carboxylic acids is 1. The van der Waals surface area contributed by atoms with Crippen molar-refractivity contribution in [2.24, 2.45) is 0 Å². The van der Waals surface area contributed by atoms with Gasteiger partial charge in [-0.05, 0) is 37.3 Å². The minimum atomic E-state index is -3.96. The Morgan fingerprint density at radius 1 is 1.13 bits per heavy atom. The van der Waals surface area contributed by atoms with E-state index in [0.29, 0.717) is 0 Å². The van der Waals surface area contributed by atoms with Crippen LogP contribution < -0.4 is 4.72 Å². The van der Waals surface area contributed by atoms with Crippen LogP contribution in [0.15, 0.2) is 47.4 Å². The summed E-state index contributed by atoms with van der Waals surface area (Å²) < 4.78 is 26.9. The minimum absolute atomic E-state index is 0.000903. The molecule has 0 atom stereocenters. The molecule has 0 saturated heterocycles. The van der Waals surface area contributed by atoms with Crippen molar-refractivity contribution in [2.45, 2.75) is 11.8 Å². The number of ketones is 1. The number of hydrogen-bond donors (Lipinski definition) is 2. The first kappa shape index (κ1) is 17.0. The van der Waals surface area contributed by atoms with E-state index >= 15 is 0 Å². The summed E-state index contributed by atoms with van der Waals surface area (Å²) in [5, 5.41) is 9.00. The molecule has 0 unspecified atom stereocenters. The molecule has 0 bridgehead atoms. The number of anilines is 1. The van der Waals surface area contributed by atoms with Crippen LogP contribution in [0.4, 0.5) is 5.69 Å². The van der Waals surface area contributed by atoms with Gasteiger partial charge < -0.3 is 5.11 Å². The van der Waals surface area contributed by atoms with Gasteiger partial charge in [0, 0.05) is 11.3 Å². The predicted molar refractivity (Wildman–Crippen MR) is 85.7 cm³/mol. The maximum Gasteiger partial charge on any atom is 0.337 e. The summed E-state index contributed by atoms with van der Waals surface area (Å²) in [6.07, 6.45) is 0. The standard InChI is InChI=1S/C15H12ClNO5S/c1-9(18)10-3-2-4-12(7-10)23(21,22)17-11-5-6-14(16)13(8-11)15(19)20/h2-8,17H,1H3,(H,19,20). The maximum atomic E-state index is 12.3. The van der Waals surface area contributed by atoms with E-state index < -0.39 is 16.0 Å². The molecule has 0 spiro atoms. The third-order valence-corrected chi connectivity index (χ3v) is 4.71. The number of Topliss-reactive ketones (excluding diaryl/α,β-unsaturated/α-hetero) is 1. The lowest BCUT2D eigenvalue weighted by molar-refractivity contribution is 0.0697. The molecule has 6 nitrogen and oxygen atoms in total. The number of aromatic carboxylic acids is 1. The van der Waals surface area contributed by atoms with E-state index in [2.05, 4.69) is 4.72 Å². The Balaban J connectivity index is 2.39. The van der Waals surface area contributed by atoms with Crippen LogP contribution >= 0.6 is 11.6 Å². The van der Waals surface area contributed by atoms with Gasteiger partial charge in [-0.25, -0.2) is 13.2 Å². The Morgan fingerprint density at radius 3 is 2.43 bits per heavy atom. The average molecular weight is 354 g/mol. The highest BCUT2D eigenvalue weighted by molar-refractivity contribution is 7.92. The Hall–Kier alpha value is -2.38. The molecular weight excluding hydrogens is 342 g/mol. The van der Waals surface area contributed by atoms with E-state index in [0.717, 1.165) is 6.07 Å². The average Bonchev–Trinajstić information content (AvgIpc) is 2.49. The molecular formula is C15H12ClNO5S. The molecule has 0 aliphatic carbocycles. The van der Waals surface area contributed by atoms with Gasteiger partial charge in [0.1, 0.15) is 0 Å². The van der Waals surface area contributed by atoms with Gasteiger partial charge in [-0.1, -0.05) is 23.7 Å². The third-order valence-electron chi connectivity index (χ3n) is 3.00. The summed E-state index contributed by atoms with van der Waals surface area (Å²) in [5.74, 6) is -1.53. The van der Waals surface area contributed by atoms with Gasteiger partial charge >= 0.3 is 5.97 Å². The predicted octanol–water partition coefficient (Wildman–Crippen LogP) is 3.04. The van der Waals surface area contributed by atoms with E-state index in [4.69, 9.17) is 16.7 Å². The monoisotopic (exact) mass is 353 g/mol. The fourth-order valence-electron chi connectivity index (χ4n) is 1.85. The molecule has 0 radical (unpaired) electrons. The fourth-order valence-corrected chi connectivity index (χ4v) is 3.14. The second-order valence-corrected chi connectivity index (χ2v) is 6.78. The largest absolute Gasteiger partial charge is 0.478 e. The van der Waals surface area contributed by atoms with Gasteiger partial charge in [0.25, 0.3) is 10.0 Å². The van der Waals surface area contributed by atoms with Crippen molar-refractivity contribution in [2.75, 3.05) is 4.72 Å². The van der Waals surface area contributed by atoms with Crippen LogP contribution in [0.1, 0.15) is 27.6 Å². The van der Waals surface area contributed by atoms with E-state index in [9.17, 15) is 18.0 Å². The molecule has 2 aromatic rings. The van der Waals surface area contributed by atoms with Crippen molar-refractivity contribution >= 4 is 39.1 Å². The zero-order valence-electron chi connectivity index (χ0n) is 11.9. The van der Waals surface area contributed by atoms with Gasteiger partial charge in [-0.3, -0.25) is 9.52 Å². The summed E-state index contributed by atoms with van der Waals surface area (Å²) in [7, 11) is -3.96. The highest BCUT2D eigenvalue weighted by Crippen LogP contribution is 2.23. The SMILES string of the molecule is CC(=O)c1cccc(S(=O)(=O)Nc2ccc(Cl)c(C(=O)O)c2)c1. The minimum Gasteiger partial charge on any atom is -0.478 e. The molecule has 0 heterocycles. The van der Waals surface area contributed by atoms with Crippen LogP contribution in [0, 0.1) is 0 Å². The number of halogens is 1. The molecule has 0 aromatic heterocycles. The fraction of sp³-hybridized carbons (Fsp3) is 0.0667. The first-order valence-electron chi connectivity index (χ1n) is 6.37. The Labute approximate surface area is 137 Å². The van der Waals surface area contributed by atoms with Crippen LogP contribution in [0.5, 0.6) is 0 Å². The molecule has 8 heteroatoms. The first-order chi connectivity index (χ1) is 10.7. The molecule has 0 saturated carbocycles. The molecule has 0 fully saturated rings. The number of rotatable bonds is 5. The number of hydrogen-bond acceptors (Lipinski definition) is 4. The van der Waals surface area contributed by atoms with Crippen molar-refractivity contribution < 1.29 is 23.1 Å². The van der Waals surface area contributed by atoms with Crippen LogP contribution in [0.25, 0.3) is 0 Å². The molecule has 2 N–H and O–H groups in total. The van der Waals surface area contributed by atoms with Gasteiger partial charge in [0.05, 0.1) is 15.5 Å². The van der Waals surface area contributed by atoms with Gasteiger partial charge in [-0.15, -0.1) is 0 Å². The lowest BCUT2D eigenvalue weighted by Crippen LogP contribution is -2.14. The Kier molecular flexibility index (Phi) is 4.72. The number of carboxylic acid groups (broad SMARTS) is 1. The highest BCUT2D eigenvalue weighted by Gasteiger charge is 2.17. The van der Waals surface area contributed by atoms with E-state index in [1.54, 1.807) is 0 Å². The van der Waals surface area contributed by atoms with Crippen molar-refractivity contribution in [1.29, 1.82) is 0 Å². The summed E-state index contributed by atoms with van der Waals surface area (Å²) in [6.45, 7) is 1.33. The lowest BCUT2D eigenvalue weighted by atomic mass is 10.2. The third kappa shape index (κ3) is 3.88. The summed E-state index contributed by atoms with van der Waals surface area (Å²) in [5.41, 5.74) is 0.0968. The topological polar surface area (TPSA) is 101 Å². The van der Waals surface area contributed by atoms with Crippen LogP contribution in [0.3, 0.4) is 0 Å². The number of sulfonamides is 1.